The Labute approximate surface area is 121 Å². The highest BCUT2D eigenvalue weighted by Gasteiger charge is 2.08. The van der Waals surface area contributed by atoms with Crippen molar-refractivity contribution in [3.63, 3.8) is 0 Å². The number of anilines is 1. The van der Waals surface area contributed by atoms with E-state index >= 15 is 0 Å². The van der Waals surface area contributed by atoms with Gasteiger partial charge in [0.15, 0.2) is 5.76 Å². The second-order valence-corrected chi connectivity index (χ2v) is 4.24. The zero-order chi connectivity index (χ0) is 15.1. The average molecular weight is 283 g/mol. The first-order valence-corrected chi connectivity index (χ1v) is 6.26. The van der Waals surface area contributed by atoms with Crippen LogP contribution in [-0.4, -0.2) is 11.8 Å². The summed E-state index contributed by atoms with van der Waals surface area (Å²) in [6, 6.07) is 12.0. The van der Waals surface area contributed by atoms with Gasteiger partial charge in [-0.2, -0.15) is 5.26 Å². The number of carbonyl (C=O) groups excluding carboxylic acids is 2. The Hall–Kier alpha value is -3.07. The van der Waals surface area contributed by atoms with Gasteiger partial charge in [-0.15, -0.1) is 0 Å². The molecule has 0 aliphatic rings. The summed E-state index contributed by atoms with van der Waals surface area (Å²) in [6.07, 6.45) is 1.24. The van der Waals surface area contributed by atoms with E-state index in [1.165, 1.54) is 6.26 Å². The zero-order valence-electron chi connectivity index (χ0n) is 11.1. The van der Waals surface area contributed by atoms with Crippen molar-refractivity contribution in [2.45, 2.75) is 13.0 Å². The Morgan fingerprint density at radius 2 is 2.10 bits per heavy atom. The van der Waals surface area contributed by atoms with Gasteiger partial charge in [0.05, 0.1) is 12.3 Å². The molecule has 2 aromatic rings. The molecular weight excluding hydrogens is 270 g/mol. The molecule has 106 valence electrons. The first-order chi connectivity index (χ1) is 10.2. The van der Waals surface area contributed by atoms with Gasteiger partial charge in [-0.25, -0.2) is 0 Å². The van der Waals surface area contributed by atoms with Crippen LogP contribution in [0.3, 0.4) is 0 Å². The minimum absolute atomic E-state index is 0.195. The molecular formula is C15H13N3O3. The molecule has 0 bridgehead atoms. The van der Waals surface area contributed by atoms with Crippen LogP contribution >= 0.6 is 0 Å². The number of rotatable bonds is 5. The number of carbonyl (C=O) groups is 2. The molecule has 6 heteroatoms. The fraction of sp³-hybridized carbons (Fsp3) is 0.133. The number of nitrogens with one attached hydrogen (secondary N) is 2. The SMILES string of the molecule is N#CCC(=O)Nc1cccc(CNC(=O)c2ccco2)c1. The average Bonchev–Trinajstić information content (AvgIpc) is 2.99. The standard InChI is InChI=1S/C15H13N3O3/c16-7-6-14(19)18-12-4-1-3-11(9-12)10-17-15(20)13-5-2-8-21-13/h1-5,8-9H,6,10H2,(H,17,20)(H,18,19). The molecule has 0 aliphatic carbocycles. The lowest BCUT2D eigenvalue weighted by atomic mass is 10.2. The van der Waals surface area contributed by atoms with Crippen molar-refractivity contribution < 1.29 is 14.0 Å². The van der Waals surface area contributed by atoms with E-state index in [1.807, 2.05) is 6.07 Å². The van der Waals surface area contributed by atoms with E-state index in [-0.39, 0.29) is 24.0 Å². The van der Waals surface area contributed by atoms with Gasteiger partial charge in [0.2, 0.25) is 5.91 Å². The minimum atomic E-state index is -0.366. The minimum Gasteiger partial charge on any atom is -0.459 e. The molecule has 0 unspecified atom stereocenters. The third-order valence-corrected chi connectivity index (χ3v) is 2.65. The molecule has 1 heterocycles. The molecule has 0 radical (unpaired) electrons. The lowest BCUT2D eigenvalue weighted by molar-refractivity contribution is -0.115. The van der Waals surface area contributed by atoms with Crippen molar-refractivity contribution in [3.8, 4) is 6.07 Å². The summed E-state index contributed by atoms with van der Waals surface area (Å²) in [5.74, 6) is -0.429. The molecule has 0 saturated heterocycles. The number of amides is 2. The molecule has 6 nitrogen and oxygen atoms in total. The lowest BCUT2D eigenvalue weighted by Crippen LogP contribution is -2.22. The van der Waals surface area contributed by atoms with Crippen molar-refractivity contribution in [3.05, 3.63) is 54.0 Å². The highest BCUT2D eigenvalue weighted by Crippen LogP contribution is 2.11. The number of furan rings is 1. The fourth-order valence-electron chi connectivity index (χ4n) is 1.71. The Balaban J connectivity index is 1.93. The Morgan fingerprint density at radius 3 is 2.81 bits per heavy atom. The van der Waals surface area contributed by atoms with E-state index in [2.05, 4.69) is 10.6 Å². The van der Waals surface area contributed by atoms with Gasteiger partial charge in [-0.3, -0.25) is 9.59 Å². The summed E-state index contributed by atoms with van der Waals surface area (Å²) in [5, 5.41) is 13.8. The summed E-state index contributed by atoms with van der Waals surface area (Å²) in [5.41, 5.74) is 1.41. The molecule has 0 fully saturated rings. The predicted octanol–water partition coefficient (Wildman–Crippen LogP) is 2.06. The number of hydrogen-bond acceptors (Lipinski definition) is 4. The Bertz CT molecular complexity index is 672. The molecule has 1 aromatic heterocycles. The van der Waals surface area contributed by atoms with Crippen LogP contribution in [-0.2, 0) is 11.3 Å². The maximum absolute atomic E-state index is 11.7. The number of benzene rings is 1. The van der Waals surface area contributed by atoms with Crippen molar-refractivity contribution in [2.75, 3.05) is 5.32 Å². The summed E-state index contributed by atoms with van der Waals surface area (Å²) in [6.45, 7) is 0.307. The number of nitrogens with zero attached hydrogens (tertiary/aromatic N) is 1. The summed E-state index contributed by atoms with van der Waals surface area (Å²) < 4.78 is 4.99. The van der Waals surface area contributed by atoms with Gasteiger partial charge in [-0.1, -0.05) is 12.1 Å². The van der Waals surface area contributed by atoms with Crippen LogP contribution in [0, 0.1) is 11.3 Å². The van der Waals surface area contributed by atoms with E-state index in [1.54, 1.807) is 36.4 Å². The Kier molecular flexibility index (Phi) is 4.72. The van der Waals surface area contributed by atoms with Crippen molar-refractivity contribution >= 4 is 17.5 Å². The van der Waals surface area contributed by atoms with E-state index in [0.29, 0.717) is 12.2 Å². The third-order valence-electron chi connectivity index (χ3n) is 2.65. The van der Waals surface area contributed by atoms with E-state index < -0.39 is 0 Å². The first kappa shape index (κ1) is 14.3. The first-order valence-electron chi connectivity index (χ1n) is 6.26. The molecule has 2 rings (SSSR count). The van der Waals surface area contributed by atoms with Gasteiger partial charge in [-0.05, 0) is 29.8 Å². The van der Waals surface area contributed by atoms with Crippen LogP contribution in [0.2, 0.25) is 0 Å². The van der Waals surface area contributed by atoms with Crippen LogP contribution in [0.25, 0.3) is 0 Å². The second-order valence-electron chi connectivity index (χ2n) is 4.24. The largest absolute Gasteiger partial charge is 0.459 e. The van der Waals surface area contributed by atoms with Gasteiger partial charge in [0.1, 0.15) is 6.42 Å². The van der Waals surface area contributed by atoms with E-state index in [4.69, 9.17) is 9.68 Å². The van der Waals surface area contributed by atoms with Crippen LogP contribution in [0.5, 0.6) is 0 Å². The van der Waals surface area contributed by atoms with Gasteiger partial charge < -0.3 is 15.1 Å². The maximum atomic E-state index is 11.7. The zero-order valence-corrected chi connectivity index (χ0v) is 11.1. The van der Waals surface area contributed by atoms with Crippen LogP contribution in [0.4, 0.5) is 5.69 Å². The monoisotopic (exact) mass is 283 g/mol. The number of hydrogen-bond donors (Lipinski definition) is 2. The highest BCUT2D eigenvalue weighted by molar-refractivity contribution is 5.92. The van der Waals surface area contributed by atoms with Crippen molar-refractivity contribution in [1.82, 2.24) is 5.32 Å². The second kappa shape index (κ2) is 6.91. The molecule has 21 heavy (non-hydrogen) atoms. The van der Waals surface area contributed by atoms with Crippen LogP contribution in [0.15, 0.2) is 47.1 Å². The summed E-state index contributed by atoms with van der Waals surface area (Å²) in [4.78, 5) is 23.0. The molecule has 1 aromatic carbocycles. The van der Waals surface area contributed by atoms with Crippen molar-refractivity contribution in [1.29, 1.82) is 5.26 Å². The van der Waals surface area contributed by atoms with Crippen LogP contribution in [0.1, 0.15) is 22.5 Å². The third kappa shape index (κ3) is 4.21. The molecule has 0 saturated carbocycles. The van der Waals surface area contributed by atoms with Gasteiger partial charge in [0, 0.05) is 12.2 Å². The molecule has 2 amide bonds. The summed E-state index contributed by atoms with van der Waals surface area (Å²) >= 11 is 0. The van der Waals surface area contributed by atoms with E-state index in [9.17, 15) is 9.59 Å². The smallest absolute Gasteiger partial charge is 0.287 e. The number of nitriles is 1. The van der Waals surface area contributed by atoms with Crippen LogP contribution < -0.4 is 10.6 Å². The molecule has 0 atom stereocenters. The molecule has 0 spiro atoms. The predicted molar refractivity (Wildman–Crippen MR) is 75.2 cm³/mol. The quantitative estimate of drug-likeness (QED) is 0.878. The van der Waals surface area contributed by atoms with Gasteiger partial charge >= 0.3 is 0 Å². The maximum Gasteiger partial charge on any atom is 0.287 e. The summed E-state index contributed by atoms with van der Waals surface area (Å²) in [7, 11) is 0. The van der Waals surface area contributed by atoms with Crippen molar-refractivity contribution in [2.24, 2.45) is 0 Å². The molecule has 0 aliphatic heterocycles. The fourth-order valence-corrected chi connectivity index (χ4v) is 1.71. The lowest BCUT2D eigenvalue weighted by Gasteiger charge is -2.07. The molecule has 2 N–H and O–H groups in total. The normalized spacial score (nSPS) is 9.67. The van der Waals surface area contributed by atoms with E-state index in [0.717, 1.165) is 5.56 Å². The van der Waals surface area contributed by atoms with Gasteiger partial charge in [0.25, 0.3) is 5.91 Å². The Morgan fingerprint density at radius 1 is 1.24 bits per heavy atom. The highest BCUT2D eigenvalue weighted by atomic mass is 16.3. The topological polar surface area (TPSA) is 95.1 Å².